The van der Waals surface area contributed by atoms with Crippen molar-refractivity contribution in [1.29, 1.82) is 0 Å². The maximum Gasteiger partial charge on any atom is 0.270 e. The number of aryl methyl sites for hydroxylation is 2. The molecule has 0 radical (unpaired) electrons. The summed E-state index contributed by atoms with van der Waals surface area (Å²) in [6, 6.07) is 11.9. The van der Waals surface area contributed by atoms with Gasteiger partial charge in [0.05, 0.1) is 10.6 Å². The third-order valence-corrected chi connectivity index (χ3v) is 5.34. The van der Waals surface area contributed by atoms with Crippen LogP contribution in [0.1, 0.15) is 15.3 Å². The molecule has 5 heteroatoms. The van der Waals surface area contributed by atoms with Crippen LogP contribution in [0.3, 0.4) is 0 Å². The monoisotopic (exact) mass is 331 g/mol. The van der Waals surface area contributed by atoms with Crippen LogP contribution < -0.4 is 4.90 Å². The molecule has 1 saturated heterocycles. The fraction of sp³-hybridized carbons (Fsp3) is 0.125. The van der Waals surface area contributed by atoms with Crippen molar-refractivity contribution in [3.63, 3.8) is 0 Å². The van der Waals surface area contributed by atoms with Gasteiger partial charge in [0.1, 0.15) is 0 Å². The molecule has 0 bridgehead atoms. The molecule has 1 aliphatic heterocycles. The minimum absolute atomic E-state index is 0.0401. The van der Waals surface area contributed by atoms with Crippen LogP contribution in [0.5, 0.6) is 0 Å². The predicted octanol–water partition coefficient (Wildman–Crippen LogP) is 4.77. The van der Waals surface area contributed by atoms with E-state index in [1.165, 1.54) is 16.6 Å². The van der Waals surface area contributed by atoms with Crippen LogP contribution in [0.2, 0.25) is 0 Å². The quantitative estimate of drug-likeness (QED) is 0.584. The molecule has 1 amide bonds. The van der Waals surface area contributed by atoms with Crippen molar-refractivity contribution in [3.8, 4) is 0 Å². The van der Waals surface area contributed by atoms with Gasteiger partial charge in [-0.15, -0.1) is 11.3 Å². The Hall–Kier alpha value is -1.43. The molecule has 2 heterocycles. The number of carbonyl (C=O) groups is 1. The molecule has 1 aromatic heterocycles. The van der Waals surface area contributed by atoms with E-state index in [0.29, 0.717) is 9.23 Å². The Morgan fingerprint density at radius 2 is 2.00 bits per heavy atom. The second-order valence-corrected chi connectivity index (χ2v) is 7.80. The number of amides is 1. The SMILES string of the molecule is Cc1cccc(N2C(=O)C(=Cc3ccc(C)s3)SC2=S)c1. The van der Waals surface area contributed by atoms with Crippen molar-refractivity contribution in [2.45, 2.75) is 13.8 Å². The third kappa shape index (κ3) is 2.95. The minimum atomic E-state index is -0.0401. The van der Waals surface area contributed by atoms with Gasteiger partial charge in [-0.1, -0.05) is 36.1 Å². The zero-order chi connectivity index (χ0) is 15.0. The number of rotatable bonds is 2. The summed E-state index contributed by atoms with van der Waals surface area (Å²) in [5.41, 5.74) is 1.95. The normalized spacial score (nSPS) is 17.0. The lowest BCUT2D eigenvalue weighted by Crippen LogP contribution is -2.27. The van der Waals surface area contributed by atoms with Crippen LogP contribution in [0.25, 0.3) is 6.08 Å². The summed E-state index contributed by atoms with van der Waals surface area (Å²) in [4.78, 5) is 17.2. The van der Waals surface area contributed by atoms with Gasteiger partial charge < -0.3 is 0 Å². The molecular weight excluding hydrogens is 318 g/mol. The van der Waals surface area contributed by atoms with Crippen LogP contribution in [0.4, 0.5) is 5.69 Å². The Bertz CT molecular complexity index is 760. The van der Waals surface area contributed by atoms with Crippen molar-refractivity contribution in [3.05, 3.63) is 56.6 Å². The molecule has 0 atom stereocenters. The molecule has 0 unspecified atom stereocenters. The molecule has 1 aromatic carbocycles. The smallest absolute Gasteiger partial charge is 0.268 e. The van der Waals surface area contributed by atoms with Crippen LogP contribution in [0.15, 0.2) is 41.3 Å². The van der Waals surface area contributed by atoms with Gasteiger partial charge >= 0.3 is 0 Å². The molecule has 2 nitrogen and oxygen atoms in total. The maximum absolute atomic E-state index is 12.6. The molecule has 0 aliphatic carbocycles. The predicted molar refractivity (Wildman–Crippen MR) is 95.9 cm³/mol. The second kappa shape index (κ2) is 5.75. The van der Waals surface area contributed by atoms with Gasteiger partial charge in [0, 0.05) is 9.75 Å². The summed E-state index contributed by atoms with van der Waals surface area (Å²) in [7, 11) is 0. The highest BCUT2D eigenvalue weighted by Crippen LogP contribution is 2.36. The van der Waals surface area contributed by atoms with E-state index in [1.54, 1.807) is 16.2 Å². The van der Waals surface area contributed by atoms with Gasteiger partial charge in [-0.2, -0.15) is 0 Å². The standard InChI is InChI=1S/C16H13NOS3/c1-10-4-3-5-12(8-10)17-15(18)14(21-16(17)19)9-13-7-6-11(2)20-13/h3-9H,1-2H3. The van der Waals surface area contributed by atoms with Gasteiger partial charge in [0.15, 0.2) is 4.32 Å². The fourth-order valence-electron chi connectivity index (χ4n) is 2.12. The van der Waals surface area contributed by atoms with Crippen molar-refractivity contribution in [2.75, 3.05) is 4.90 Å². The molecule has 3 rings (SSSR count). The van der Waals surface area contributed by atoms with Gasteiger partial charge in [-0.25, -0.2) is 0 Å². The van der Waals surface area contributed by atoms with E-state index in [0.717, 1.165) is 16.1 Å². The summed E-state index contributed by atoms with van der Waals surface area (Å²) in [6.45, 7) is 4.06. The molecule has 1 fully saturated rings. The number of anilines is 1. The maximum atomic E-state index is 12.6. The number of thioether (sulfide) groups is 1. The molecule has 21 heavy (non-hydrogen) atoms. The van der Waals surface area contributed by atoms with E-state index in [9.17, 15) is 4.79 Å². The number of thiocarbonyl (C=S) groups is 1. The van der Waals surface area contributed by atoms with Crippen LogP contribution in [0, 0.1) is 13.8 Å². The Labute approximate surface area is 137 Å². The zero-order valence-corrected chi connectivity index (χ0v) is 14.1. The molecule has 2 aromatic rings. The topological polar surface area (TPSA) is 20.3 Å². The Morgan fingerprint density at radius 3 is 2.67 bits per heavy atom. The summed E-state index contributed by atoms with van der Waals surface area (Å²) in [5.74, 6) is -0.0401. The summed E-state index contributed by atoms with van der Waals surface area (Å²) in [6.07, 6.45) is 1.92. The molecule has 0 spiro atoms. The third-order valence-electron chi connectivity index (χ3n) is 3.09. The van der Waals surface area contributed by atoms with E-state index >= 15 is 0 Å². The summed E-state index contributed by atoms with van der Waals surface area (Å²) in [5, 5.41) is 0. The Kier molecular flexibility index (Phi) is 3.97. The van der Waals surface area contributed by atoms with E-state index in [-0.39, 0.29) is 5.91 Å². The number of nitrogens with zero attached hydrogens (tertiary/aromatic N) is 1. The van der Waals surface area contributed by atoms with Crippen molar-refractivity contribution < 1.29 is 4.79 Å². The summed E-state index contributed by atoms with van der Waals surface area (Å²) >= 11 is 8.41. The number of hydrogen-bond acceptors (Lipinski definition) is 4. The lowest BCUT2D eigenvalue weighted by atomic mass is 10.2. The molecule has 106 valence electrons. The molecule has 0 saturated carbocycles. The molecule has 0 N–H and O–H groups in total. The first-order valence-corrected chi connectivity index (χ1v) is 8.50. The Balaban J connectivity index is 1.94. The van der Waals surface area contributed by atoms with Gasteiger partial charge in [0.2, 0.25) is 0 Å². The number of hydrogen-bond donors (Lipinski definition) is 0. The van der Waals surface area contributed by atoms with Crippen molar-refractivity contribution in [1.82, 2.24) is 0 Å². The number of thiophene rings is 1. The number of carbonyl (C=O) groups excluding carboxylic acids is 1. The lowest BCUT2D eigenvalue weighted by molar-refractivity contribution is -0.113. The van der Waals surface area contributed by atoms with Crippen molar-refractivity contribution in [2.24, 2.45) is 0 Å². The largest absolute Gasteiger partial charge is 0.270 e. The van der Waals surface area contributed by atoms with E-state index in [2.05, 4.69) is 13.0 Å². The first-order chi connectivity index (χ1) is 10.0. The zero-order valence-electron chi connectivity index (χ0n) is 11.6. The molecular formula is C16H13NOS3. The van der Waals surface area contributed by atoms with E-state index < -0.39 is 0 Å². The Morgan fingerprint density at radius 1 is 1.19 bits per heavy atom. The van der Waals surface area contributed by atoms with Gasteiger partial charge in [-0.3, -0.25) is 9.69 Å². The highest BCUT2D eigenvalue weighted by atomic mass is 32.2. The number of benzene rings is 1. The van der Waals surface area contributed by atoms with Crippen molar-refractivity contribution >= 4 is 57.3 Å². The van der Waals surface area contributed by atoms with E-state index in [4.69, 9.17) is 12.2 Å². The highest BCUT2D eigenvalue weighted by molar-refractivity contribution is 8.27. The van der Waals surface area contributed by atoms with Crippen LogP contribution in [-0.4, -0.2) is 10.2 Å². The fourth-order valence-corrected chi connectivity index (χ4v) is 4.30. The lowest BCUT2D eigenvalue weighted by Gasteiger charge is -2.14. The van der Waals surface area contributed by atoms with Gasteiger partial charge in [-0.05, 0) is 49.8 Å². The molecule has 1 aliphatic rings. The average Bonchev–Trinajstić information content (AvgIpc) is 2.94. The highest BCUT2D eigenvalue weighted by Gasteiger charge is 2.33. The minimum Gasteiger partial charge on any atom is -0.268 e. The van der Waals surface area contributed by atoms with Crippen LogP contribution in [-0.2, 0) is 4.79 Å². The second-order valence-electron chi connectivity index (χ2n) is 4.80. The van der Waals surface area contributed by atoms with Gasteiger partial charge in [0.25, 0.3) is 5.91 Å². The average molecular weight is 331 g/mol. The van der Waals surface area contributed by atoms with Crippen LogP contribution >= 0.6 is 35.3 Å². The van der Waals surface area contributed by atoms with E-state index in [1.807, 2.05) is 43.3 Å². The first-order valence-electron chi connectivity index (χ1n) is 6.45. The first kappa shape index (κ1) is 14.5. The summed E-state index contributed by atoms with van der Waals surface area (Å²) < 4.78 is 0.588.